The Morgan fingerprint density at radius 2 is 1.68 bits per heavy atom. The molecule has 0 radical (unpaired) electrons. The Bertz CT molecular complexity index is 1420. The van der Waals surface area contributed by atoms with Crippen molar-refractivity contribution in [3.63, 3.8) is 0 Å². The van der Waals surface area contributed by atoms with Crippen LogP contribution in [-0.4, -0.2) is 55.8 Å². The summed E-state index contributed by atoms with van der Waals surface area (Å²) in [5.41, 5.74) is 8.66. The van der Waals surface area contributed by atoms with Crippen LogP contribution in [0.5, 0.6) is 5.75 Å². The largest absolute Gasteiger partial charge is 0.494 e. The number of benzene rings is 3. The molecular formula is C27H29N3O6S. The summed E-state index contributed by atoms with van der Waals surface area (Å²) in [5, 5.41) is 0. The van der Waals surface area contributed by atoms with E-state index in [1.165, 1.54) is 4.90 Å². The van der Waals surface area contributed by atoms with Crippen molar-refractivity contribution in [3.05, 3.63) is 89.5 Å². The first-order valence-electron chi connectivity index (χ1n) is 11.7. The highest BCUT2D eigenvalue weighted by molar-refractivity contribution is 7.85. The summed E-state index contributed by atoms with van der Waals surface area (Å²) < 4.78 is 41.5. The number of rotatable bonds is 10. The second kappa shape index (κ2) is 10.7. The summed E-state index contributed by atoms with van der Waals surface area (Å²) in [4.78, 5) is 19.6. The Labute approximate surface area is 216 Å². The van der Waals surface area contributed by atoms with Gasteiger partial charge in [-0.1, -0.05) is 54.6 Å². The van der Waals surface area contributed by atoms with Crippen molar-refractivity contribution < 1.29 is 27.2 Å². The monoisotopic (exact) mass is 523 g/mol. The van der Waals surface area contributed by atoms with Crippen LogP contribution >= 0.6 is 0 Å². The number of likely N-dealkylation sites (N-methyl/N-ethyl adjacent to an activating group) is 1. The number of carbonyl (C=O) groups excluding carboxylic acids is 1. The molecule has 0 saturated heterocycles. The van der Waals surface area contributed by atoms with Gasteiger partial charge in [0.2, 0.25) is 0 Å². The molecule has 1 aliphatic rings. The van der Waals surface area contributed by atoms with Crippen LogP contribution in [0.4, 0.5) is 0 Å². The fourth-order valence-corrected chi connectivity index (χ4v) is 4.56. The van der Waals surface area contributed by atoms with Crippen molar-refractivity contribution in [1.29, 1.82) is 0 Å². The smallest absolute Gasteiger partial charge is 0.267 e. The van der Waals surface area contributed by atoms with E-state index in [1.54, 1.807) is 31.3 Å². The molecule has 0 bridgehead atoms. The Morgan fingerprint density at radius 1 is 1.00 bits per heavy atom. The van der Waals surface area contributed by atoms with Crippen LogP contribution in [0.2, 0.25) is 0 Å². The zero-order valence-electron chi connectivity index (χ0n) is 20.6. The molecule has 3 aromatic rings. The van der Waals surface area contributed by atoms with E-state index in [9.17, 15) is 13.2 Å². The number of hydrogen-bond donors (Lipinski definition) is 2. The summed E-state index contributed by atoms with van der Waals surface area (Å²) in [7, 11) is -2.49. The van der Waals surface area contributed by atoms with Crippen LogP contribution < -0.4 is 10.5 Å². The second-order valence-corrected chi connectivity index (χ2v) is 10.2. The highest BCUT2D eigenvalue weighted by Crippen LogP contribution is 2.40. The van der Waals surface area contributed by atoms with E-state index in [4.69, 9.17) is 19.8 Å². The van der Waals surface area contributed by atoms with Gasteiger partial charge in [0.15, 0.2) is 11.5 Å². The molecule has 4 rings (SSSR count). The Kier molecular flexibility index (Phi) is 7.63. The van der Waals surface area contributed by atoms with E-state index < -0.39 is 21.4 Å². The van der Waals surface area contributed by atoms with E-state index in [2.05, 4.69) is 4.99 Å². The fourth-order valence-electron chi connectivity index (χ4n) is 4.24. The van der Waals surface area contributed by atoms with Gasteiger partial charge in [-0.05, 0) is 52.9 Å². The molecule has 0 aromatic heterocycles. The maximum atomic E-state index is 13.6. The van der Waals surface area contributed by atoms with E-state index in [0.29, 0.717) is 17.7 Å². The molecule has 1 heterocycles. The number of nitrogens with two attached hydrogens (primary N) is 1. The van der Waals surface area contributed by atoms with Crippen molar-refractivity contribution in [2.45, 2.75) is 19.1 Å². The Morgan fingerprint density at radius 3 is 2.30 bits per heavy atom. The van der Waals surface area contributed by atoms with Gasteiger partial charge in [-0.2, -0.15) is 8.42 Å². The first-order valence-corrected chi connectivity index (χ1v) is 13.3. The quantitative estimate of drug-likeness (QED) is 0.308. The predicted octanol–water partition coefficient (Wildman–Crippen LogP) is 3.19. The predicted molar refractivity (Wildman–Crippen MR) is 141 cm³/mol. The molecule has 3 aromatic carbocycles. The highest BCUT2D eigenvalue weighted by atomic mass is 32.2. The number of amides is 1. The average Bonchev–Trinajstić information content (AvgIpc) is 3.11. The minimum absolute atomic E-state index is 0.117. The van der Waals surface area contributed by atoms with E-state index in [-0.39, 0.29) is 25.1 Å². The van der Waals surface area contributed by atoms with Crippen LogP contribution in [0, 0.1) is 0 Å². The number of ether oxygens (including phenoxy) is 2. The van der Waals surface area contributed by atoms with Crippen molar-refractivity contribution in [1.82, 2.24) is 4.90 Å². The van der Waals surface area contributed by atoms with Gasteiger partial charge in [0.25, 0.3) is 16.0 Å². The summed E-state index contributed by atoms with van der Waals surface area (Å²) in [5.74, 6) is 0.120. The molecule has 9 nitrogen and oxygen atoms in total. The zero-order valence-corrected chi connectivity index (χ0v) is 21.4. The summed E-state index contributed by atoms with van der Waals surface area (Å²) in [6, 6.07) is 22.5. The first-order chi connectivity index (χ1) is 17.6. The molecule has 0 aliphatic carbocycles. The number of guanidine groups is 1. The van der Waals surface area contributed by atoms with Crippen LogP contribution in [-0.2, 0) is 31.8 Å². The van der Waals surface area contributed by atoms with Gasteiger partial charge in [0.05, 0.1) is 25.6 Å². The normalized spacial score (nSPS) is 17.6. The molecule has 0 saturated carbocycles. The molecule has 1 unspecified atom stereocenters. The van der Waals surface area contributed by atoms with Gasteiger partial charge >= 0.3 is 0 Å². The molecule has 194 valence electrons. The first kappa shape index (κ1) is 26.3. The maximum absolute atomic E-state index is 13.6. The van der Waals surface area contributed by atoms with Gasteiger partial charge in [-0.3, -0.25) is 14.2 Å². The topological polar surface area (TPSA) is 132 Å². The van der Waals surface area contributed by atoms with Crippen molar-refractivity contribution in [3.8, 4) is 16.9 Å². The van der Waals surface area contributed by atoms with Gasteiger partial charge in [0, 0.05) is 7.05 Å². The van der Waals surface area contributed by atoms with E-state index in [1.807, 2.05) is 55.5 Å². The molecule has 1 amide bonds. The van der Waals surface area contributed by atoms with Crippen LogP contribution in [0.1, 0.15) is 23.6 Å². The standard InChI is InChI=1S/C27H29N3O6S/c1-3-36-24-9-5-7-21(17-24)20-6-4-8-23(16-20)27(25(31)30(2)26(28)29-27)22-12-10-19(11-13-22)18-35-14-15-37(32,33)34/h4-13,16-17H,3,14-15,18H2,1-2H3,(H2,28,29)(H,32,33,34). The number of carbonyl (C=O) groups is 1. The lowest BCUT2D eigenvalue weighted by Crippen LogP contribution is -2.41. The molecule has 1 aliphatic heterocycles. The Balaban J connectivity index is 1.69. The van der Waals surface area contributed by atoms with Crippen LogP contribution in [0.3, 0.4) is 0 Å². The summed E-state index contributed by atoms with van der Waals surface area (Å²) in [6.07, 6.45) is 0. The number of hydrogen-bond acceptors (Lipinski definition) is 7. The van der Waals surface area contributed by atoms with Gasteiger partial charge in [-0.15, -0.1) is 0 Å². The number of aliphatic imine (C=N–C) groups is 1. The molecule has 0 fully saturated rings. The van der Waals surface area contributed by atoms with Crippen LogP contribution in [0.25, 0.3) is 11.1 Å². The van der Waals surface area contributed by atoms with Crippen molar-refractivity contribution >= 4 is 22.0 Å². The maximum Gasteiger partial charge on any atom is 0.267 e. The lowest BCUT2D eigenvalue weighted by Gasteiger charge is -2.27. The van der Waals surface area contributed by atoms with Crippen molar-refractivity contribution in [2.75, 3.05) is 26.0 Å². The van der Waals surface area contributed by atoms with Gasteiger partial charge < -0.3 is 15.2 Å². The Hall–Kier alpha value is -3.73. The van der Waals surface area contributed by atoms with Crippen molar-refractivity contribution in [2.24, 2.45) is 10.7 Å². The third-order valence-corrected chi connectivity index (χ3v) is 6.81. The lowest BCUT2D eigenvalue weighted by molar-refractivity contribution is -0.129. The summed E-state index contributed by atoms with van der Waals surface area (Å²) in [6.45, 7) is 2.50. The third-order valence-electron chi connectivity index (χ3n) is 6.12. The fraction of sp³-hybridized carbons (Fsp3) is 0.259. The number of nitrogens with zero attached hydrogens (tertiary/aromatic N) is 2. The molecule has 0 spiro atoms. The third kappa shape index (κ3) is 5.66. The molecule has 3 N–H and O–H groups in total. The molecule has 10 heteroatoms. The highest BCUT2D eigenvalue weighted by Gasteiger charge is 2.49. The molecule has 37 heavy (non-hydrogen) atoms. The SMILES string of the molecule is CCOc1cccc(-c2cccc(C3(c4ccc(COCCS(=O)(=O)O)cc4)N=C(N)N(C)C3=O)c2)c1. The minimum atomic E-state index is -4.08. The van der Waals surface area contributed by atoms with E-state index >= 15 is 0 Å². The average molecular weight is 524 g/mol. The van der Waals surface area contributed by atoms with Gasteiger partial charge in [-0.25, -0.2) is 4.99 Å². The summed E-state index contributed by atoms with van der Waals surface area (Å²) >= 11 is 0. The second-order valence-electron chi connectivity index (χ2n) is 8.62. The molecular weight excluding hydrogens is 494 g/mol. The molecule has 1 atom stereocenters. The van der Waals surface area contributed by atoms with E-state index in [0.717, 1.165) is 22.4 Å². The minimum Gasteiger partial charge on any atom is -0.494 e. The lowest BCUT2D eigenvalue weighted by atomic mass is 9.81. The van der Waals surface area contributed by atoms with Crippen LogP contribution in [0.15, 0.2) is 77.8 Å². The zero-order chi connectivity index (χ0) is 26.6. The van der Waals surface area contributed by atoms with Gasteiger partial charge in [0.1, 0.15) is 5.75 Å².